The van der Waals surface area contributed by atoms with Gasteiger partial charge in [0.05, 0.1) is 6.61 Å². The molecule has 13 nitrogen and oxygen atoms in total. The number of rotatable bonds is 39. The van der Waals surface area contributed by atoms with Crippen LogP contribution < -0.4 is 0 Å². The van der Waals surface area contributed by atoms with Crippen LogP contribution in [0.3, 0.4) is 0 Å². The molecule has 0 saturated heterocycles. The van der Waals surface area contributed by atoms with Gasteiger partial charge in [-0.05, 0) is 38.5 Å². The quantitative estimate of drug-likeness (QED) is 0.0147. The lowest BCUT2D eigenvalue weighted by Crippen LogP contribution is -2.64. The van der Waals surface area contributed by atoms with Gasteiger partial charge in [-0.25, -0.2) is 4.57 Å². The van der Waals surface area contributed by atoms with Gasteiger partial charge in [-0.15, -0.1) is 0 Å². The number of phosphoric acid groups is 1. The van der Waals surface area contributed by atoms with Crippen LogP contribution in [-0.2, 0) is 32.7 Å². The zero-order chi connectivity index (χ0) is 44.3. The molecule has 0 bridgehead atoms. The number of aliphatic hydroxyl groups is 5. The van der Waals surface area contributed by atoms with Gasteiger partial charge in [0.15, 0.2) is 6.10 Å². The summed E-state index contributed by atoms with van der Waals surface area (Å²) in [5.74, 6) is -1.11. The summed E-state index contributed by atoms with van der Waals surface area (Å²) >= 11 is 0. The Morgan fingerprint density at radius 3 is 1.33 bits per heavy atom. The summed E-state index contributed by atoms with van der Waals surface area (Å²) in [4.78, 5) is 35.7. The zero-order valence-electron chi connectivity index (χ0n) is 37.3. The van der Waals surface area contributed by atoms with Crippen LogP contribution in [0.2, 0.25) is 0 Å². The number of aliphatic hydroxyl groups excluding tert-OH is 5. The third kappa shape index (κ3) is 28.8. The van der Waals surface area contributed by atoms with E-state index < -0.39 is 75.7 Å². The second kappa shape index (κ2) is 36.8. The van der Waals surface area contributed by atoms with Crippen molar-refractivity contribution in [3.05, 3.63) is 24.3 Å². The van der Waals surface area contributed by atoms with Crippen LogP contribution in [-0.4, -0.2) is 98.3 Å². The van der Waals surface area contributed by atoms with Gasteiger partial charge in [-0.3, -0.25) is 18.6 Å². The number of hydrogen-bond donors (Lipinski definition) is 6. The highest BCUT2D eigenvalue weighted by Crippen LogP contribution is 2.47. The van der Waals surface area contributed by atoms with E-state index in [0.29, 0.717) is 12.8 Å². The molecule has 0 amide bonds. The first-order valence-electron chi connectivity index (χ1n) is 23.7. The first kappa shape index (κ1) is 56.3. The van der Waals surface area contributed by atoms with Crippen molar-refractivity contribution in [3.8, 4) is 0 Å². The molecule has 352 valence electrons. The molecule has 1 fully saturated rings. The van der Waals surface area contributed by atoms with E-state index in [1.165, 1.54) is 103 Å². The van der Waals surface area contributed by atoms with Crippen LogP contribution in [0.25, 0.3) is 0 Å². The van der Waals surface area contributed by atoms with Crippen molar-refractivity contribution in [2.24, 2.45) is 0 Å². The average Bonchev–Trinajstić information content (AvgIpc) is 3.23. The van der Waals surface area contributed by atoms with E-state index in [4.69, 9.17) is 18.5 Å². The van der Waals surface area contributed by atoms with E-state index >= 15 is 0 Å². The monoisotopic (exact) mass is 877 g/mol. The second-order valence-electron chi connectivity index (χ2n) is 16.6. The Labute approximate surface area is 362 Å². The molecule has 0 spiro atoms. The molecule has 6 N–H and O–H groups in total. The Kier molecular flexibility index (Phi) is 34.5. The Morgan fingerprint density at radius 1 is 0.517 bits per heavy atom. The number of unbranched alkanes of at least 4 members (excludes halogenated alkanes) is 24. The van der Waals surface area contributed by atoms with E-state index in [2.05, 4.69) is 38.2 Å². The Hall–Kier alpha value is -1.67. The predicted octanol–water partition coefficient (Wildman–Crippen LogP) is 9.23. The maximum Gasteiger partial charge on any atom is 0.472 e. The maximum atomic E-state index is 12.8. The summed E-state index contributed by atoms with van der Waals surface area (Å²) < 4.78 is 33.5. The molecule has 14 heteroatoms. The zero-order valence-corrected chi connectivity index (χ0v) is 38.2. The number of esters is 2. The predicted molar refractivity (Wildman–Crippen MR) is 235 cm³/mol. The average molecular weight is 877 g/mol. The highest BCUT2D eigenvalue weighted by atomic mass is 31.2. The van der Waals surface area contributed by atoms with E-state index in [-0.39, 0.29) is 12.8 Å². The molecule has 0 radical (unpaired) electrons. The molecular formula is C46H85O13P. The normalized spacial score (nSPS) is 22.3. The lowest BCUT2D eigenvalue weighted by molar-refractivity contribution is -0.220. The fourth-order valence-corrected chi connectivity index (χ4v) is 8.19. The lowest BCUT2D eigenvalue weighted by Gasteiger charge is -2.41. The molecule has 1 saturated carbocycles. The van der Waals surface area contributed by atoms with Crippen molar-refractivity contribution < 1.29 is 63.1 Å². The van der Waals surface area contributed by atoms with Crippen LogP contribution in [0.4, 0.5) is 0 Å². The van der Waals surface area contributed by atoms with Crippen LogP contribution in [0.5, 0.6) is 0 Å². The summed E-state index contributed by atoms with van der Waals surface area (Å²) in [7, 11) is -5.12. The number of allylic oxidation sites excluding steroid dienone is 4. The van der Waals surface area contributed by atoms with Gasteiger partial charge in [0.1, 0.15) is 43.2 Å². The van der Waals surface area contributed by atoms with Gasteiger partial charge in [-0.2, -0.15) is 0 Å². The molecule has 0 aromatic rings. The van der Waals surface area contributed by atoms with Crippen molar-refractivity contribution >= 4 is 19.8 Å². The molecule has 1 rings (SSSR count). The second-order valence-corrected chi connectivity index (χ2v) is 18.1. The van der Waals surface area contributed by atoms with E-state index in [9.17, 15) is 44.6 Å². The molecule has 8 atom stereocenters. The molecule has 6 unspecified atom stereocenters. The number of ether oxygens (including phenoxy) is 2. The standard InChI is InChI=1S/C46H85O13P/c1-3-5-7-9-11-13-15-17-19-21-22-24-26-28-30-32-34-39(47)56-36-38(37-57-60(54,55)59-46-44(52)42(50)41(49)43(51)45(46)53)58-40(48)35-33-31-29-27-25-23-20-18-16-14-12-10-8-6-4-2/h14,16,18,20,38,41-46,49-53H,3-13,15,17,19,21-37H2,1-2H3,(H,54,55)/b16-14+,20-18+/t38-,41?,42-,43?,44?,45?,46?/m0/s1. The van der Waals surface area contributed by atoms with E-state index in [0.717, 1.165) is 57.8 Å². The van der Waals surface area contributed by atoms with Crippen LogP contribution in [0.1, 0.15) is 200 Å². The largest absolute Gasteiger partial charge is 0.472 e. The van der Waals surface area contributed by atoms with Gasteiger partial charge >= 0.3 is 19.8 Å². The molecule has 1 aliphatic rings. The number of hydrogen-bond acceptors (Lipinski definition) is 12. The highest BCUT2D eigenvalue weighted by Gasteiger charge is 2.51. The van der Waals surface area contributed by atoms with Gasteiger partial charge in [0, 0.05) is 12.8 Å². The maximum absolute atomic E-state index is 12.8. The summed E-state index contributed by atoms with van der Waals surface area (Å²) in [6.45, 7) is 3.28. The molecule has 0 aromatic heterocycles. The van der Waals surface area contributed by atoms with Crippen molar-refractivity contribution in [1.82, 2.24) is 0 Å². The fraction of sp³-hybridized carbons (Fsp3) is 0.870. The minimum Gasteiger partial charge on any atom is -0.462 e. The molecule has 1 aliphatic carbocycles. The number of carbonyl (C=O) groups excluding carboxylic acids is 2. The lowest BCUT2D eigenvalue weighted by atomic mass is 9.85. The summed E-state index contributed by atoms with van der Waals surface area (Å²) in [6, 6.07) is 0. The van der Waals surface area contributed by atoms with Crippen molar-refractivity contribution in [2.75, 3.05) is 13.2 Å². The summed E-state index contributed by atoms with van der Waals surface area (Å²) in [6.07, 6.45) is 26.6. The van der Waals surface area contributed by atoms with E-state index in [1.54, 1.807) is 0 Å². The molecular weight excluding hydrogens is 791 g/mol. The Morgan fingerprint density at radius 2 is 0.883 bits per heavy atom. The topological polar surface area (TPSA) is 210 Å². The Bertz CT molecular complexity index is 1150. The molecule has 0 aliphatic heterocycles. The third-order valence-corrected chi connectivity index (χ3v) is 12.1. The summed E-state index contributed by atoms with van der Waals surface area (Å²) in [5.41, 5.74) is 0. The summed E-state index contributed by atoms with van der Waals surface area (Å²) in [5, 5.41) is 50.1. The van der Waals surface area contributed by atoms with Crippen LogP contribution in [0.15, 0.2) is 24.3 Å². The molecule has 60 heavy (non-hydrogen) atoms. The van der Waals surface area contributed by atoms with Gasteiger partial charge < -0.3 is 39.9 Å². The fourth-order valence-electron chi connectivity index (χ4n) is 7.22. The smallest absolute Gasteiger partial charge is 0.462 e. The van der Waals surface area contributed by atoms with Gasteiger partial charge in [-0.1, -0.05) is 173 Å². The molecule has 0 aromatic carbocycles. The van der Waals surface area contributed by atoms with E-state index in [1.807, 2.05) is 0 Å². The first-order chi connectivity index (χ1) is 28.9. The van der Waals surface area contributed by atoms with Gasteiger partial charge in [0.2, 0.25) is 0 Å². The minimum absolute atomic E-state index is 0.0818. The van der Waals surface area contributed by atoms with Crippen LogP contribution >= 0.6 is 7.82 Å². The third-order valence-electron chi connectivity index (χ3n) is 11.1. The van der Waals surface area contributed by atoms with Crippen LogP contribution in [0, 0.1) is 0 Å². The van der Waals surface area contributed by atoms with Crippen molar-refractivity contribution in [1.29, 1.82) is 0 Å². The van der Waals surface area contributed by atoms with Crippen molar-refractivity contribution in [3.63, 3.8) is 0 Å². The number of carbonyl (C=O) groups is 2. The Balaban J connectivity index is 2.45. The first-order valence-corrected chi connectivity index (χ1v) is 25.2. The van der Waals surface area contributed by atoms with Crippen molar-refractivity contribution in [2.45, 2.75) is 243 Å². The highest BCUT2D eigenvalue weighted by molar-refractivity contribution is 7.47. The molecule has 0 heterocycles. The SMILES string of the molecule is CCCCCC/C=C/C=C/CCCCCCCC(=O)O[C@@H](COC(=O)CCCCCCCCCCCCCCCCCC)COP(=O)(O)OC1C(O)C(O)C(O)[C@H](O)C1O. The van der Waals surface area contributed by atoms with Gasteiger partial charge in [0.25, 0.3) is 0 Å². The minimum atomic E-state index is -5.12. The number of phosphoric ester groups is 1.